The lowest BCUT2D eigenvalue weighted by Crippen LogP contribution is -2.25. The topological polar surface area (TPSA) is 80.0 Å². The van der Waals surface area contributed by atoms with Crippen LogP contribution in [0.3, 0.4) is 0 Å². The maximum atomic E-state index is 12.2. The number of hydrogen-bond donors (Lipinski definition) is 2. The van der Waals surface area contributed by atoms with Crippen LogP contribution in [0.25, 0.3) is 0 Å². The Kier molecular flexibility index (Phi) is 4.42. The molecule has 0 unspecified atom stereocenters. The van der Waals surface area contributed by atoms with Gasteiger partial charge in [-0.2, -0.15) is 0 Å². The smallest absolute Gasteiger partial charge is 0.255 e. The molecule has 0 saturated heterocycles. The lowest BCUT2D eigenvalue weighted by Gasteiger charge is -2.09. The van der Waals surface area contributed by atoms with E-state index < -0.39 is 0 Å². The zero-order chi connectivity index (χ0) is 15.5. The minimum Gasteiger partial charge on any atom is -0.507 e. The van der Waals surface area contributed by atoms with E-state index in [2.05, 4.69) is 36.0 Å². The second kappa shape index (κ2) is 6.48. The molecule has 1 aliphatic rings. The molecule has 116 valence electrons. The second-order valence-corrected chi connectivity index (χ2v) is 6.25. The van der Waals surface area contributed by atoms with E-state index in [0.717, 1.165) is 41.9 Å². The van der Waals surface area contributed by atoms with Gasteiger partial charge in [-0.15, -0.1) is 10.2 Å². The van der Waals surface area contributed by atoms with Gasteiger partial charge in [0.05, 0.1) is 12.1 Å². The average molecular weight is 365 g/mol. The molecule has 1 aromatic heterocycles. The van der Waals surface area contributed by atoms with Crippen molar-refractivity contribution in [1.29, 1.82) is 0 Å². The number of aryl methyl sites for hydroxylation is 1. The summed E-state index contributed by atoms with van der Waals surface area (Å²) in [7, 11) is 0. The number of rotatable bonds is 3. The number of fused-ring (bicyclic) bond motifs is 1. The lowest BCUT2D eigenvalue weighted by atomic mass is 10.2. The number of nitrogens with zero attached hydrogens (tertiary/aromatic N) is 3. The number of halogens is 1. The largest absolute Gasteiger partial charge is 0.507 e. The molecule has 2 N–H and O–H groups in total. The van der Waals surface area contributed by atoms with Crippen LogP contribution in [0, 0.1) is 0 Å². The van der Waals surface area contributed by atoms with Gasteiger partial charge >= 0.3 is 0 Å². The van der Waals surface area contributed by atoms with Crippen LogP contribution >= 0.6 is 15.9 Å². The monoisotopic (exact) mass is 364 g/mol. The second-order valence-electron chi connectivity index (χ2n) is 5.34. The number of nitrogens with one attached hydrogen (secondary N) is 1. The molecule has 7 heteroatoms. The van der Waals surface area contributed by atoms with Crippen molar-refractivity contribution < 1.29 is 9.90 Å². The zero-order valence-corrected chi connectivity index (χ0v) is 13.6. The summed E-state index contributed by atoms with van der Waals surface area (Å²) < 4.78 is 2.83. The van der Waals surface area contributed by atoms with Gasteiger partial charge < -0.3 is 15.0 Å². The highest BCUT2D eigenvalue weighted by atomic mass is 79.9. The molecule has 0 bridgehead atoms. The van der Waals surface area contributed by atoms with E-state index in [4.69, 9.17) is 0 Å². The third-order valence-corrected chi connectivity index (χ3v) is 4.29. The van der Waals surface area contributed by atoms with Crippen LogP contribution in [0.15, 0.2) is 22.7 Å². The van der Waals surface area contributed by atoms with Gasteiger partial charge in [-0.05, 0) is 31.0 Å². The fourth-order valence-corrected chi connectivity index (χ4v) is 2.98. The van der Waals surface area contributed by atoms with Crippen molar-refractivity contribution in [2.75, 3.05) is 0 Å². The van der Waals surface area contributed by atoms with Gasteiger partial charge in [0.25, 0.3) is 5.91 Å². The van der Waals surface area contributed by atoms with Crippen LogP contribution in [-0.4, -0.2) is 25.8 Å². The molecule has 2 aromatic rings. The number of hydrogen-bond acceptors (Lipinski definition) is 4. The molecule has 0 saturated carbocycles. The Balaban J connectivity index is 1.71. The minimum absolute atomic E-state index is 0.0410. The molecule has 6 nitrogen and oxygen atoms in total. The van der Waals surface area contributed by atoms with Gasteiger partial charge in [0.1, 0.15) is 11.6 Å². The van der Waals surface area contributed by atoms with E-state index >= 15 is 0 Å². The molecule has 0 aliphatic carbocycles. The highest BCUT2D eigenvalue weighted by Gasteiger charge is 2.16. The van der Waals surface area contributed by atoms with E-state index in [-0.39, 0.29) is 17.2 Å². The Hall–Kier alpha value is -1.89. The summed E-state index contributed by atoms with van der Waals surface area (Å²) in [5.74, 6) is 1.39. The van der Waals surface area contributed by atoms with Crippen LogP contribution in [0.2, 0.25) is 0 Å². The summed E-state index contributed by atoms with van der Waals surface area (Å²) >= 11 is 3.29. The number of aromatic hydroxyl groups is 1. The van der Waals surface area contributed by atoms with E-state index in [1.54, 1.807) is 12.1 Å². The number of amides is 1. The summed E-state index contributed by atoms with van der Waals surface area (Å²) in [6.45, 7) is 1.20. The van der Waals surface area contributed by atoms with E-state index in [0.29, 0.717) is 6.54 Å². The van der Waals surface area contributed by atoms with E-state index in [1.807, 2.05) is 0 Å². The number of carbonyl (C=O) groups excluding carboxylic acids is 1. The summed E-state index contributed by atoms with van der Waals surface area (Å²) in [4.78, 5) is 12.2. The fraction of sp³-hybridized carbons (Fsp3) is 0.400. The molecule has 0 radical (unpaired) electrons. The summed E-state index contributed by atoms with van der Waals surface area (Å²) in [6, 6.07) is 4.77. The lowest BCUT2D eigenvalue weighted by molar-refractivity contribution is 0.0946. The molecular formula is C15H17BrN4O2. The Morgan fingerprint density at radius 1 is 1.32 bits per heavy atom. The van der Waals surface area contributed by atoms with E-state index in [9.17, 15) is 9.90 Å². The zero-order valence-electron chi connectivity index (χ0n) is 12.0. The number of benzene rings is 1. The molecule has 2 heterocycles. The van der Waals surface area contributed by atoms with Crippen LogP contribution < -0.4 is 5.32 Å². The normalized spacial score (nSPS) is 14.2. The molecule has 22 heavy (non-hydrogen) atoms. The van der Waals surface area contributed by atoms with Crippen molar-refractivity contribution in [1.82, 2.24) is 20.1 Å². The van der Waals surface area contributed by atoms with Crippen molar-refractivity contribution in [3.05, 3.63) is 39.9 Å². The van der Waals surface area contributed by atoms with Gasteiger partial charge in [0.2, 0.25) is 0 Å². The Bertz CT molecular complexity index is 699. The first-order chi connectivity index (χ1) is 10.6. The number of aromatic nitrogens is 3. The SMILES string of the molecule is O=C(NCc1nnc2n1CCCCC2)c1cc(Br)ccc1O. The molecule has 0 fully saturated rings. The van der Waals surface area contributed by atoms with Crippen molar-refractivity contribution in [3.63, 3.8) is 0 Å². The average Bonchev–Trinajstić information content (AvgIpc) is 2.74. The Morgan fingerprint density at radius 2 is 2.18 bits per heavy atom. The standard InChI is InChI=1S/C15H17BrN4O2/c16-10-5-6-12(21)11(8-10)15(22)17-9-14-19-18-13-4-2-1-3-7-20(13)14/h5-6,8,21H,1-4,7,9H2,(H,17,22). The van der Waals surface area contributed by atoms with Crippen LogP contribution in [0.4, 0.5) is 0 Å². The van der Waals surface area contributed by atoms with Crippen LogP contribution in [0.5, 0.6) is 5.75 Å². The van der Waals surface area contributed by atoms with Crippen molar-refractivity contribution in [2.45, 2.75) is 38.8 Å². The maximum Gasteiger partial charge on any atom is 0.255 e. The molecular weight excluding hydrogens is 348 g/mol. The highest BCUT2D eigenvalue weighted by molar-refractivity contribution is 9.10. The molecule has 0 spiro atoms. The molecule has 0 atom stereocenters. The van der Waals surface area contributed by atoms with Gasteiger partial charge in [-0.25, -0.2) is 0 Å². The predicted molar refractivity (Wildman–Crippen MR) is 84.6 cm³/mol. The minimum atomic E-state index is -0.329. The Morgan fingerprint density at radius 3 is 3.05 bits per heavy atom. The highest BCUT2D eigenvalue weighted by Crippen LogP contribution is 2.22. The van der Waals surface area contributed by atoms with Crippen LogP contribution in [-0.2, 0) is 19.5 Å². The Labute approximate surface area is 136 Å². The van der Waals surface area contributed by atoms with Crippen molar-refractivity contribution >= 4 is 21.8 Å². The molecule has 3 rings (SSSR count). The quantitative estimate of drug-likeness (QED) is 0.876. The number of carbonyl (C=O) groups is 1. The third-order valence-electron chi connectivity index (χ3n) is 3.80. The van der Waals surface area contributed by atoms with Gasteiger partial charge in [0.15, 0.2) is 5.82 Å². The molecule has 1 amide bonds. The third kappa shape index (κ3) is 3.14. The summed E-state index contributed by atoms with van der Waals surface area (Å²) in [5.41, 5.74) is 0.241. The van der Waals surface area contributed by atoms with Gasteiger partial charge in [0, 0.05) is 17.4 Å². The van der Waals surface area contributed by atoms with Crippen molar-refractivity contribution in [3.8, 4) is 5.75 Å². The maximum absolute atomic E-state index is 12.2. The van der Waals surface area contributed by atoms with Gasteiger partial charge in [-0.1, -0.05) is 22.4 Å². The first-order valence-electron chi connectivity index (χ1n) is 7.33. The van der Waals surface area contributed by atoms with Gasteiger partial charge in [-0.3, -0.25) is 4.79 Å². The van der Waals surface area contributed by atoms with E-state index in [1.165, 1.54) is 12.5 Å². The first kappa shape index (κ1) is 15.0. The first-order valence-corrected chi connectivity index (χ1v) is 8.12. The number of phenolic OH excluding ortho intramolecular Hbond substituents is 1. The number of phenols is 1. The summed E-state index contributed by atoms with van der Waals surface area (Å²) in [6.07, 6.45) is 4.38. The molecule has 1 aromatic carbocycles. The fourth-order valence-electron chi connectivity index (χ4n) is 2.62. The summed E-state index contributed by atoms with van der Waals surface area (Å²) in [5, 5.41) is 20.9. The van der Waals surface area contributed by atoms with Crippen molar-refractivity contribution in [2.24, 2.45) is 0 Å². The molecule has 1 aliphatic heterocycles. The predicted octanol–water partition coefficient (Wildman–Crippen LogP) is 2.40. The van der Waals surface area contributed by atoms with Crippen LogP contribution in [0.1, 0.15) is 41.3 Å².